The van der Waals surface area contributed by atoms with Crippen LogP contribution < -0.4 is 10.5 Å². The molecule has 0 fully saturated rings. The fraction of sp³-hybridized carbons (Fsp3) is 0.500. The maximum absolute atomic E-state index is 11.2. The third-order valence-electron chi connectivity index (χ3n) is 3.11. The Kier molecular flexibility index (Phi) is 4.20. The van der Waals surface area contributed by atoms with E-state index < -0.39 is 0 Å². The normalized spacial score (nSPS) is 18.0. The van der Waals surface area contributed by atoms with Crippen molar-refractivity contribution >= 4 is 5.97 Å². The molecule has 0 bridgehead atoms. The van der Waals surface area contributed by atoms with Gasteiger partial charge in [-0.2, -0.15) is 0 Å². The Bertz CT molecular complexity index is 431. The summed E-state index contributed by atoms with van der Waals surface area (Å²) in [5.41, 5.74) is 8.51. The van der Waals surface area contributed by atoms with Gasteiger partial charge in [-0.1, -0.05) is 6.07 Å². The summed E-state index contributed by atoms with van der Waals surface area (Å²) in [6.07, 6.45) is 2.94. The Labute approximate surface area is 107 Å². The Morgan fingerprint density at radius 2 is 2.28 bits per heavy atom. The number of hydrogen-bond acceptors (Lipinski definition) is 4. The summed E-state index contributed by atoms with van der Waals surface area (Å²) in [5.74, 6) is 0.364. The van der Waals surface area contributed by atoms with E-state index in [0.717, 1.165) is 19.3 Å². The number of carbonyl (C=O) groups excluding carboxylic acids is 1. The second kappa shape index (κ2) is 5.87. The van der Waals surface area contributed by atoms with E-state index in [9.17, 15) is 4.79 Å². The number of benzene rings is 1. The molecule has 0 unspecified atom stereocenters. The predicted octanol–water partition coefficient (Wildman–Crippen LogP) is 1.44. The molecule has 1 aromatic rings. The number of carbonyl (C=O) groups is 1. The lowest BCUT2D eigenvalue weighted by Gasteiger charge is -2.21. The molecule has 0 spiro atoms. The zero-order chi connectivity index (χ0) is 13.0. The monoisotopic (exact) mass is 249 g/mol. The molecule has 0 saturated heterocycles. The highest BCUT2D eigenvalue weighted by Crippen LogP contribution is 2.24. The van der Waals surface area contributed by atoms with E-state index in [-0.39, 0.29) is 18.6 Å². The molecule has 0 aromatic heterocycles. The van der Waals surface area contributed by atoms with Gasteiger partial charge < -0.3 is 15.2 Å². The fourth-order valence-electron chi connectivity index (χ4n) is 2.20. The minimum atomic E-state index is -0.341. The first-order valence-electron chi connectivity index (χ1n) is 6.35. The van der Waals surface area contributed by atoms with Gasteiger partial charge in [0.15, 0.2) is 6.61 Å². The summed E-state index contributed by atoms with van der Waals surface area (Å²) >= 11 is 0. The van der Waals surface area contributed by atoms with Crippen LogP contribution in [0, 0.1) is 0 Å². The van der Waals surface area contributed by atoms with E-state index >= 15 is 0 Å². The molecule has 0 radical (unpaired) electrons. The molecule has 0 aliphatic heterocycles. The van der Waals surface area contributed by atoms with Crippen molar-refractivity contribution in [1.29, 1.82) is 0 Å². The van der Waals surface area contributed by atoms with Crippen LogP contribution in [0.5, 0.6) is 5.75 Å². The van der Waals surface area contributed by atoms with Crippen molar-refractivity contribution in [2.75, 3.05) is 13.2 Å². The van der Waals surface area contributed by atoms with E-state index in [2.05, 4.69) is 6.07 Å². The second-order valence-corrected chi connectivity index (χ2v) is 4.53. The summed E-state index contributed by atoms with van der Waals surface area (Å²) in [6.45, 7) is 2.11. The number of nitrogens with two attached hydrogens (primary N) is 1. The molecule has 18 heavy (non-hydrogen) atoms. The number of fused-ring (bicyclic) bond motifs is 1. The first kappa shape index (κ1) is 12.9. The fourth-order valence-corrected chi connectivity index (χ4v) is 2.20. The Hall–Kier alpha value is -1.55. The van der Waals surface area contributed by atoms with Crippen LogP contribution in [0.15, 0.2) is 18.2 Å². The van der Waals surface area contributed by atoms with Crippen molar-refractivity contribution in [1.82, 2.24) is 0 Å². The second-order valence-electron chi connectivity index (χ2n) is 4.53. The van der Waals surface area contributed by atoms with E-state index in [1.807, 2.05) is 12.1 Å². The number of rotatable bonds is 4. The number of esters is 1. The lowest BCUT2D eigenvalue weighted by Crippen LogP contribution is -2.27. The van der Waals surface area contributed by atoms with Crippen molar-refractivity contribution in [3.8, 4) is 5.75 Å². The van der Waals surface area contributed by atoms with E-state index in [1.165, 1.54) is 11.1 Å². The molecule has 1 aromatic carbocycles. The summed E-state index contributed by atoms with van der Waals surface area (Å²) in [4.78, 5) is 11.2. The van der Waals surface area contributed by atoms with Gasteiger partial charge in [0.1, 0.15) is 5.75 Å². The van der Waals surface area contributed by atoms with Gasteiger partial charge in [-0.15, -0.1) is 0 Å². The van der Waals surface area contributed by atoms with Crippen molar-refractivity contribution in [2.24, 2.45) is 5.73 Å². The average Bonchev–Trinajstić information content (AvgIpc) is 2.36. The van der Waals surface area contributed by atoms with Crippen LogP contribution in [0.2, 0.25) is 0 Å². The Morgan fingerprint density at radius 1 is 1.44 bits per heavy atom. The van der Waals surface area contributed by atoms with Crippen molar-refractivity contribution in [3.05, 3.63) is 29.3 Å². The van der Waals surface area contributed by atoms with Crippen molar-refractivity contribution in [3.63, 3.8) is 0 Å². The minimum Gasteiger partial charge on any atom is -0.482 e. The van der Waals surface area contributed by atoms with Crippen molar-refractivity contribution in [2.45, 2.75) is 32.2 Å². The highest BCUT2D eigenvalue weighted by Gasteiger charge is 2.16. The van der Waals surface area contributed by atoms with E-state index in [0.29, 0.717) is 12.4 Å². The zero-order valence-electron chi connectivity index (χ0n) is 10.6. The van der Waals surface area contributed by atoms with Gasteiger partial charge in [0.25, 0.3) is 0 Å². The molecule has 1 aliphatic carbocycles. The molecule has 2 N–H and O–H groups in total. The number of hydrogen-bond donors (Lipinski definition) is 1. The topological polar surface area (TPSA) is 61.5 Å². The zero-order valence-corrected chi connectivity index (χ0v) is 10.6. The van der Waals surface area contributed by atoms with Crippen LogP contribution in [0.25, 0.3) is 0 Å². The molecule has 1 atom stereocenters. The van der Waals surface area contributed by atoms with Gasteiger partial charge in [-0.05, 0) is 49.4 Å². The van der Waals surface area contributed by atoms with Crippen molar-refractivity contribution < 1.29 is 14.3 Å². The Morgan fingerprint density at radius 3 is 3.06 bits per heavy atom. The smallest absolute Gasteiger partial charge is 0.344 e. The number of ether oxygens (including phenoxy) is 2. The maximum atomic E-state index is 11.2. The molecule has 98 valence electrons. The van der Waals surface area contributed by atoms with Gasteiger partial charge in [-0.25, -0.2) is 4.79 Å². The largest absolute Gasteiger partial charge is 0.482 e. The quantitative estimate of drug-likeness (QED) is 0.820. The summed E-state index contributed by atoms with van der Waals surface area (Å²) < 4.78 is 10.2. The first-order valence-corrected chi connectivity index (χ1v) is 6.35. The Balaban J connectivity index is 1.98. The first-order chi connectivity index (χ1) is 8.69. The van der Waals surface area contributed by atoms with Gasteiger partial charge in [-0.3, -0.25) is 0 Å². The van der Waals surface area contributed by atoms with Crippen LogP contribution >= 0.6 is 0 Å². The van der Waals surface area contributed by atoms with Crippen LogP contribution in [0.4, 0.5) is 0 Å². The molecule has 4 heteroatoms. The molecule has 0 amide bonds. The molecular weight excluding hydrogens is 230 g/mol. The molecule has 0 saturated carbocycles. The summed E-state index contributed by atoms with van der Waals surface area (Å²) in [5, 5.41) is 0. The maximum Gasteiger partial charge on any atom is 0.344 e. The minimum absolute atomic E-state index is 0.0430. The van der Waals surface area contributed by atoms with Crippen LogP contribution in [0.1, 0.15) is 24.5 Å². The average molecular weight is 249 g/mol. The third-order valence-corrected chi connectivity index (χ3v) is 3.11. The van der Waals surface area contributed by atoms with Crippen LogP contribution in [0.3, 0.4) is 0 Å². The summed E-state index contributed by atoms with van der Waals surface area (Å²) in [7, 11) is 0. The van der Waals surface area contributed by atoms with Gasteiger partial charge in [0.05, 0.1) is 6.61 Å². The molecule has 0 heterocycles. The van der Waals surface area contributed by atoms with Gasteiger partial charge in [0, 0.05) is 6.04 Å². The van der Waals surface area contributed by atoms with Gasteiger partial charge >= 0.3 is 5.97 Å². The number of aryl methyl sites for hydroxylation is 1. The molecule has 2 rings (SSSR count). The molecule has 4 nitrogen and oxygen atoms in total. The van der Waals surface area contributed by atoms with Crippen LogP contribution in [-0.4, -0.2) is 25.2 Å². The molecule has 1 aliphatic rings. The third kappa shape index (κ3) is 3.23. The summed E-state index contributed by atoms with van der Waals surface area (Å²) in [6, 6.07) is 6.17. The highest BCUT2D eigenvalue weighted by atomic mass is 16.6. The predicted molar refractivity (Wildman–Crippen MR) is 68.6 cm³/mol. The SMILES string of the molecule is CCOC(=O)COc1ccc2c(c1)C[C@H](N)CC2. The highest BCUT2D eigenvalue weighted by molar-refractivity contribution is 5.71. The van der Waals surface area contributed by atoms with Crippen LogP contribution in [-0.2, 0) is 22.4 Å². The van der Waals surface area contributed by atoms with Gasteiger partial charge in [0.2, 0.25) is 0 Å². The lowest BCUT2D eigenvalue weighted by atomic mass is 9.89. The molecular formula is C14H19NO3. The standard InChI is InChI=1S/C14H19NO3/c1-2-17-14(16)9-18-13-6-4-10-3-5-12(15)7-11(10)8-13/h4,6,8,12H,2-3,5,7,9,15H2,1H3/t12-/m1/s1. The lowest BCUT2D eigenvalue weighted by molar-refractivity contribution is -0.145. The van der Waals surface area contributed by atoms with E-state index in [1.54, 1.807) is 6.92 Å². The van der Waals surface area contributed by atoms with E-state index in [4.69, 9.17) is 15.2 Å².